The molecule has 0 heterocycles. The molecule has 3 rings (SSSR count). The van der Waals surface area contributed by atoms with Gasteiger partial charge in [-0.3, -0.25) is 0 Å². The van der Waals surface area contributed by atoms with Crippen molar-refractivity contribution in [2.45, 2.75) is 26.5 Å². The normalized spacial score (nSPS) is 10.9. The maximum Gasteiger partial charge on any atom is 0.162 e. The van der Waals surface area contributed by atoms with Gasteiger partial charge in [-0.05, 0) is 67.4 Å². The largest absolute Gasteiger partial charge is 0.490 e. The van der Waals surface area contributed by atoms with Gasteiger partial charge in [-0.25, -0.2) is 4.39 Å². The Morgan fingerprint density at radius 3 is 2.45 bits per heavy atom. The van der Waals surface area contributed by atoms with Crippen LogP contribution in [-0.4, -0.2) is 13.2 Å². The first-order chi connectivity index (χ1) is 15.0. The fourth-order valence-corrected chi connectivity index (χ4v) is 3.83. The van der Waals surface area contributed by atoms with Gasteiger partial charge < -0.3 is 14.8 Å². The average Bonchev–Trinajstić information content (AvgIpc) is 2.74. The van der Waals surface area contributed by atoms with Gasteiger partial charge in [-0.1, -0.05) is 57.3 Å². The average molecular weight is 527 g/mol. The molecule has 0 atom stereocenters. The van der Waals surface area contributed by atoms with Gasteiger partial charge in [0.25, 0.3) is 0 Å². The fraction of sp³-hybridized carbons (Fsp3) is 0.250. The van der Waals surface area contributed by atoms with E-state index in [4.69, 9.17) is 32.7 Å². The first-order valence-corrected chi connectivity index (χ1v) is 11.5. The van der Waals surface area contributed by atoms with Crippen molar-refractivity contribution in [3.8, 4) is 11.5 Å². The van der Waals surface area contributed by atoms with Crippen LogP contribution in [0.5, 0.6) is 11.5 Å². The summed E-state index contributed by atoms with van der Waals surface area (Å²) >= 11 is 15.6. The topological polar surface area (TPSA) is 30.5 Å². The van der Waals surface area contributed by atoms with Crippen molar-refractivity contribution in [1.29, 1.82) is 0 Å². The quantitative estimate of drug-likeness (QED) is 0.283. The van der Waals surface area contributed by atoms with E-state index >= 15 is 0 Å². The minimum Gasteiger partial charge on any atom is -0.490 e. The number of halogens is 4. The van der Waals surface area contributed by atoms with Gasteiger partial charge in [-0.2, -0.15) is 0 Å². The highest BCUT2D eigenvalue weighted by Gasteiger charge is 2.13. The van der Waals surface area contributed by atoms with Crippen molar-refractivity contribution in [3.63, 3.8) is 0 Å². The summed E-state index contributed by atoms with van der Waals surface area (Å²) in [4.78, 5) is 0. The van der Waals surface area contributed by atoms with Crippen LogP contribution in [0.25, 0.3) is 0 Å². The highest BCUT2D eigenvalue weighted by atomic mass is 79.9. The molecule has 31 heavy (non-hydrogen) atoms. The third-order valence-electron chi connectivity index (χ3n) is 4.67. The van der Waals surface area contributed by atoms with Gasteiger partial charge in [0.05, 0.1) is 11.6 Å². The van der Waals surface area contributed by atoms with E-state index in [0.717, 1.165) is 28.0 Å². The third-order valence-corrected chi connectivity index (χ3v) is 6.01. The van der Waals surface area contributed by atoms with Crippen LogP contribution in [0.2, 0.25) is 10.0 Å². The molecule has 0 spiro atoms. The van der Waals surface area contributed by atoms with Crippen LogP contribution in [0.4, 0.5) is 4.39 Å². The molecule has 0 aliphatic carbocycles. The molecule has 0 saturated carbocycles. The maximum absolute atomic E-state index is 14.0. The third kappa shape index (κ3) is 6.84. The van der Waals surface area contributed by atoms with Crippen LogP contribution in [-0.2, 0) is 19.6 Å². The second kappa shape index (κ2) is 11.7. The minimum atomic E-state index is -0.397. The first-order valence-electron chi connectivity index (χ1n) is 9.94. The zero-order chi connectivity index (χ0) is 22.2. The molecule has 0 aliphatic rings. The van der Waals surface area contributed by atoms with E-state index in [-0.39, 0.29) is 6.61 Å². The molecule has 0 fully saturated rings. The Kier molecular flexibility index (Phi) is 9.02. The predicted molar refractivity (Wildman–Crippen MR) is 128 cm³/mol. The van der Waals surface area contributed by atoms with E-state index in [0.29, 0.717) is 35.2 Å². The van der Waals surface area contributed by atoms with Gasteiger partial charge >= 0.3 is 0 Å². The lowest BCUT2D eigenvalue weighted by Crippen LogP contribution is -2.17. The Labute approximate surface area is 200 Å². The van der Waals surface area contributed by atoms with Crippen LogP contribution >= 0.6 is 39.1 Å². The molecule has 0 radical (unpaired) electrons. The summed E-state index contributed by atoms with van der Waals surface area (Å²) < 4.78 is 26.5. The van der Waals surface area contributed by atoms with Crippen LogP contribution in [0.15, 0.2) is 59.1 Å². The molecule has 0 amide bonds. The Morgan fingerprint density at radius 1 is 1.00 bits per heavy atom. The van der Waals surface area contributed by atoms with Gasteiger partial charge in [0.15, 0.2) is 11.5 Å². The Balaban J connectivity index is 1.64. The maximum atomic E-state index is 14.0. The van der Waals surface area contributed by atoms with E-state index in [9.17, 15) is 4.39 Å². The highest BCUT2D eigenvalue weighted by molar-refractivity contribution is 9.10. The number of hydrogen-bond acceptors (Lipinski definition) is 3. The second-order valence-corrected chi connectivity index (χ2v) is 8.56. The lowest BCUT2D eigenvalue weighted by Gasteiger charge is -2.16. The Bertz CT molecular complexity index is 995. The van der Waals surface area contributed by atoms with Crippen molar-refractivity contribution in [2.24, 2.45) is 0 Å². The fourth-order valence-electron chi connectivity index (χ4n) is 3.02. The van der Waals surface area contributed by atoms with E-state index in [1.165, 1.54) is 11.6 Å². The standard InChI is InChI=1S/C24H23BrCl2FNO2/c1-2-30-23-12-17(14-29-11-10-16-6-8-18(26)9-7-16)20(25)13-24(23)31-15-19-21(27)4-3-5-22(19)28/h3-9,12-13,29H,2,10-11,14-15H2,1H3. The molecule has 0 saturated heterocycles. The molecule has 3 aromatic carbocycles. The van der Waals surface area contributed by atoms with Crippen LogP contribution in [0.3, 0.4) is 0 Å². The zero-order valence-corrected chi connectivity index (χ0v) is 20.2. The smallest absolute Gasteiger partial charge is 0.162 e. The summed E-state index contributed by atoms with van der Waals surface area (Å²) in [5.74, 6) is 0.733. The number of benzene rings is 3. The zero-order valence-electron chi connectivity index (χ0n) is 17.1. The summed E-state index contributed by atoms with van der Waals surface area (Å²) in [6, 6.07) is 16.2. The molecule has 0 aliphatic heterocycles. The second-order valence-electron chi connectivity index (χ2n) is 6.87. The van der Waals surface area contributed by atoms with Crippen molar-refractivity contribution < 1.29 is 13.9 Å². The van der Waals surface area contributed by atoms with Crippen molar-refractivity contribution >= 4 is 39.1 Å². The summed E-state index contributed by atoms with van der Waals surface area (Å²) in [6.07, 6.45) is 0.900. The number of rotatable bonds is 10. The Hall–Kier alpha value is -1.79. The molecule has 7 heteroatoms. The first kappa shape index (κ1) is 23.9. The van der Waals surface area contributed by atoms with E-state index in [1.807, 2.05) is 43.3 Å². The minimum absolute atomic E-state index is 0.0106. The summed E-state index contributed by atoms with van der Waals surface area (Å²) in [5, 5.41) is 4.51. The molecule has 0 unspecified atom stereocenters. The molecule has 3 nitrogen and oxygen atoms in total. The molecule has 164 valence electrons. The Morgan fingerprint density at radius 2 is 1.74 bits per heavy atom. The monoisotopic (exact) mass is 525 g/mol. The van der Waals surface area contributed by atoms with Crippen molar-refractivity contribution in [3.05, 3.63) is 91.6 Å². The number of hydrogen-bond donors (Lipinski definition) is 1. The van der Waals surface area contributed by atoms with Crippen molar-refractivity contribution in [2.75, 3.05) is 13.2 Å². The molecule has 0 aromatic heterocycles. The molecule has 1 N–H and O–H groups in total. The highest BCUT2D eigenvalue weighted by Crippen LogP contribution is 2.35. The van der Waals surface area contributed by atoms with Crippen LogP contribution < -0.4 is 14.8 Å². The molecular formula is C24H23BrCl2FNO2. The van der Waals surface area contributed by atoms with Crippen LogP contribution in [0.1, 0.15) is 23.6 Å². The van der Waals surface area contributed by atoms with Gasteiger partial charge in [0.1, 0.15) is 12.4 Å². The molecule has 3 aromatic rings. The molecule has 0 bridgehead atoms. The summed E-state index contributed by atoms with van der Waals surface area (Å²) in [6.45, 7) is 3.89. The van der Waals surface area contributed by atoms with Gasteiger partial charge in [-0.15, -0.1) is 0 Å². The number of ether oxygens (including phenoxy) is 2. The predicted octanol–water partition coefficient (Wildman–Crippen LogP) is 7.21. The van der Waals surface area contributed by atoms with Crippen molar-refractivity contribution in [1.82, 2.24) is 5.32 Å². The van der Waals surface area contributed by atoms with Crippen LogP contribution in [0, 0.1) is 5.82 Å². The summed E-state index contributed by atoms with van der Waals surface area (Å²) in [7, 11) is 0. The summed E-state index contributed by atoms with van der Waals surface area (Å²) in [5.41, 5.74) is 2.58. The lowest BCUT2D eigenvalue weighted by molar-refractivity contribution is 0.265. The van der Waals surface area contributed by atoms with Gasteiger partial charge in [0.2, 0.25) is 0 Å². The van der Waals surface area contributed by atoms with E-state index < -0.39 is 5.82 Å². The SMILES string of the molecule is CCOc1cc(CNCCc2ccc(Cl)cc2)c(Br)cc1OCc1c(F)cccc1Cl. The molecular weight excluding hydrogens is 504 g/mol. The number of nitrogens with one attached hydrogen (secondary N) is 1. The lowest BCUT2D eigenvalue weighted by atomic mass is 10.1. The van der Waals surface area contributed by atoms with E-state index in [2.05, 4.69) is 21.2 Å². The van der Waals surface area contributed by atoms with Gasteiger partial charge in [0, 0.05) is 21.6 Å². The van der Waals surface area contributed by atoms with E-state index in [1.54, 1.807) is 12.1 Å².